The van der Waals surface area contributed by atoms with Crippen LogP contribution in [0, 0.1) is 17.3 Å². The van der Waals surface area contributed by atoms with Crippen LogP contribution in [0.2, 0.25) is 0 Å². The van der Waals surface area contributed by atoms with Gasteiger partial charge in [-0.3, -0.25) is 0 Å². The molecule has 6 rings (SSSR count). The molecule has 0 amide bonds. The van der Waals surface area contributed by atoms with Crippen molar-refractivity contribution in [1.82, 2.24) is 0 Å². The maximum atomic E-state index is 12.1. The number of esters is 1. The Labute approximate surface area is 166 Å². The number of hydrogen-bond acceptors (Lipinski definition) is 6. The maximum Gasteiger partial charge on any atom is 0.334 e. The fourth-order valence-electron chi connectivity index (χ4n) is 7.24. The number of hydrogen-bond donors (Lipinski definition) is 2. The Bertz CT molecular complexity index is 810. The molecule has 0 aromatic heterocycles. The van der Waals surface area contributed by atoms with E-state index in [0.717, 1.165) is 24.0 Å². The molecule has 0 aromatic carbocycles. The number of cyclic esters (lactones) is 1. The van der Waals surface area contributed by atoms with Crippen molar-refractivity contribution in [2.75, 3.05) is 6.61 Å². The zero-order chi connectivity index (χ0) is 19.1. The third kappa shape index (κ3) is 1.52. The summed E-state index contributed by atoms with van der Waals surface area (Å²) in [6, 6.07) is 0. The fourth-order valence-corrected chi connectivity index (χ4v) is 8.50. The average molecular weight is 441 g/mol. The normalized spacial score (nSPS) is 60.1. The standard InChI is InChI=1S/C20H25BrO6/c1-8(2)18(24)13(21)14-20(27-14)17(3)5-4-9-10(7-25-15(9)22)11(17)6-12-19(20,26-12)16(18)23/h8,11-14,16,23-24H,4-7H2,1-3H3/t11-,12-,13+,14-,16+,17-,18-,19+,20+/m0/s1. The predicted molar refractivity (Wildman–Crippen MR) is 97.2 cm³/mol. The Balaban J connectivity index is 1.50. The zero-order valence-corrected chi connectivity index (χ0v) is 17.3. The van der Waals surface area contributed by atoms with Crippen LogP contribution < -0.4 is 0 Å². The Kier molecular flexibility index (Phi) is 2.99. The van der Waals surface area contributed by atoms with Crippen LogP contribution in [0.5, 0.6) is 0 Å². The van der Waals surface area contributed by atoms with Crippen LogP contribution in [0.15, 0.2) is 11.1 Å². The van der Waals surface area contributed by atoms with Gasteiger partial charge in [0, 0.05) is 11.0 Å². The first-order chi connectivity index (χ1) is 12.7. The van der Waals surface area contributed by atoms with E-state index in [1.807, 2.05) is 13.8 Å². The molecule has 3 aliphatic heterocycles. The molecule has 6 aliphatic rings. The van der Waals surface area contributed by atoms with E-state index in [0.29, 0.717) is 13.0 Å². The number of fused-ring (bicyclic) bond motifs is 2. The lowest BCUT2D eigenvalue weighted by molar-refractivity contribution is -0.175. The van der Waals surface area contributed by atoms with Crippen molar-refractivity contribution in [2.45, 2.75) is 80.0 Å². The van der Waals surface area contributed by atoms with E-state index in [-0.39, 0.29) is 40.3 Å². The topological polar surface area (TPSA) is 91.8 Å². The van der Waals surface area contributed by atoms with Crippen LogP contribution in [-0.2, 0) is 19.0 Å². The molecule has 2 saturated carbocycles. The highest BCUT2D eigenvalue weighted by atomic mass is 79.9. The number of aliphatic hydroxyl groups excluding tert-OH is 1. The number of aliphatic hydroxyl groups is 2. The van der Waals surface area contributed by atoms with Crippen LogP contribution in [-0.4, -0.2) is 62.7 Å². The Morgan fingerprint density at radius 3 is 2.74 bits per heavy atom. The quantitative estimate of drug-likeness (QED) is 0.364. The van der Waals surface area contributed by atoms with Gasteiger partial charge in [0.25, 0.3) is 0 Å². The highest BCUT2D eigenvalue weighted by Gasteiger charge is 2.96. The molecule has 9 atom stereocenters. The van der Waals surface area contributed by atoms with Gasteiger partial charge in [-0.05, 0) is 36.7 Å². The highest BCUT2D eigenvalue weighted by molar-refractivity contribution is 9.09. The second-order valence-corrected chi connectivity index (χ2v) is 10.8. The third-order valence-corrected chi connectivity index (χ3v) is 10.1. The molecule has 27 heavy (non-hydrogen) atoms. The van der Waals surface area contributed by atoms with Crippen molar-refractivity contribution in [1.29, 1.82) is 0 Å². The fraction of sp³-hybridized carbons (Fsp3) is 0.850. The Hall–Kier alpha value is -0.470. The van der Waals surface area contributed by atoms with E-state index in [4.69, 9.17) is 14.2 Å². The molecule has 2 saturated heterocycles. The first-order valence-electron chi connectivity index (χ1n) is 9.95. The van der Waals surface area contributed by atoms with Crippen molar-refractivity contribution in [3.8, 4) is 0 Å². The molecule has 0 aromatic rings. The van der Waals surface area contributed by atoms with Gasteiger partial charge in [0.1, 0.15) is 30.0 Å². The Morgan fingerprint density at radius 1 is 1.30 bits per heavy atom. The van der Waals surface area contributed by atoms with Crippen molar-refractivity contribution < 1.29 is 29.2 Å². The summed E-state index contributed by atoms with van der Waals surface area (Å²) < 4.78 is 18.0. The lowest BCUT2D eigenvalue weighted by Gasteiger charge is -2.57. The van der Waals surface area contributed by atoms with Crippen LogP contribution in [0.3, 0.4) is 0 Å². The lowest BCUT2D eigenvalue weighted by Crippen LogP contribution is -2.75. The van der Waals surface area contributed by atoms with Crippen molar-refractivity contribution in [3.63, 3.8) is 0 Å². The van der Waals surface area contributed by atoms with E-state index in [1.165, 1.54) is 0 Å². The van der Waals surface area contributed by atoms with Gasteiger partial charge < -0.3 is 24.4 Å². The predicted octanol–water partition coefficient (Wildman–Crippen LogP) is 1.46. The number of ether oxygens (including phenoxy) is 3. The maximum absolute atomic E-state index is 12.1. The van der Waals surface area contributed by atoms with Crippen LogP contribution in [0.1, 0.15) is 40.0 Å². The highest BCUT2D eigenvalue weighted by Crippen LogP contribution is 2.80. The third-order valence-electron chi connectivity index (χ3n) is 8.85. The number of epoxide rings is 2. The number of carbonyl (C=O) groups excluding carboxylic acids is 1. The van der Waals surface area contributed by atoms with Crippen LogP contribution in [0.4, 0.5) is 0 Å². The van der Waals surface area contributed by atoms with Crippen molar-refractivity contribution >= 4 is 21.9 Å². The molecular weight excluding hydrogens is 416 g/mol. The van der Waals surface area contributed by atoms with E-state index < -0.39 is 22.9 Å². The molecule has 7 heteroatoms. The SMILES string of the molecule is CC(C)[C@]1(O)[C@H](Br)[C@@H]2O[C@]23[C@]2(O[C@H]2C[C@H]2C4=C(CC[C@@]23C)C(=O)OC4)[C@@H]1O. The summed E-state index contributed by atoms with van der Waals surface area (Å²) in [5, 5.41) is 22.9. The van der Waals surface area contributed by atoms with Crippen molar-refractivity contribution in [2.24, 2.45) is 17.3 Å². The lowest BCUT2D eigenvalue weighted by atomic mass is 9.46. The number of alkyl halides is 1. The second kappa shape index (κ2) is 4.64. The smallest absolute Gasteiger partial charge is 0.334 e. The van der Waals surface area contributed by atoms with E-state index >= 15 is 0 Å². The van der Waals surface area contributed by atoms with Gasteiger partial charge in [0.2, 0.25) is 0 Å². The molecule has 2 spiro atoms. The van der Waals surface area contributed by atoms with E-state index in [1.54, 1.807) is 0 Å². The summed E-state index contributed by atoms with van der Waals surface area (Å²) in [6.45, 7) is 6.43. The van der Waals surface area contributed by atoms with Gasteiger partial charge in [-0.1, -0.05) is 36.7 Å². The summed E-state index contributed by atoms with van der Waals surface area (Å²) >= 11 is 3.68. The van der Waals surface area contributed by atoms with Gasteiger partial charge in [-0.2, -0.15) is 0 Å². The van der Waals surface area contributed by atoms with E-state index in [9.17, 15) is 15.0 Å². The summed E-state index contributed by atoms with van der Waals surface area (Å²) in [6.07, 6.45) is 0.813. The monoisotopic (exact) mass is 440 g/mol. The van der Waals surface area contributed by atoms with Gasteiger partial charge in [-0.25, -0.2) is 4.79 Å². The number of carbonyl (C=O) groups is 1. The molecule has 4 fully saturated rings. The first-order valence-corrected chi connectivity index (χ1v) is 10.9. The van der Waals surface area contributed by atoms with Gasteiger partial charge >= 0.3 is 5.97 Å². The average Bonchev–Trinajstić information content (AvgIpc) is 3.50. The van der Waals surface area contributed by atoms with Gasteiger partial charge in [0.15, 0.2) is 5.60 Å². The minimum Gasteiger partial charge on any atom is -0.458 e. The largest absolute Gasteiger partial charge is 0.458 e. The van der Waals surface area contributed by atoms with E-state index in [2.05, 4.69) is 22.9 Å². The number of rotatable bonds is 1. The summed E-state index contributed by atoms with van der Waals surface area (Å²) in [4.78, 5) is 11.7. The number of halogens is 1. The molecule has 0 radical (unpaired) electrons. The molecule has 3 aliphatic carbocycles. The molecule has 6 nitrogen and oxygen atoms in total. The molecule has 3 heterocycles. The molecule has 0 bridgehead atoms. The van der Waals surface area contributed by atoms with Crippen LogP contribution in [0.25, 0.3) is 0 Å². The molecule has 2 N–H and O–H groups in total. The van der Waals surface area contributed by atoms with Crippen LogP contribution >= 0.6 is 15.9 Å². The molecule has 148 valence electrons. The summed E-state index contributed by atoms with van der Waals surface area (Å²) in [7, 11) is 0. The first kappa shape index (κ1) is 17.4. The summed E-state index contributed by atoms with van der Waals surface area (Å²) in [5.41, 5.74) is -1.12. The van der Waals surface area contributed by atoms with Crippen molar-refractivity contribution in [3.05, 3.63) is 11.1 Å². The zero-order valence-electron chi connectivity index (χ0n) is 15.7. The second-order valence-electron chi connectivity index (χ2n) is 9.81. The summed E-state index contributed by atoms with van der Waals surface area (Å²) in [5.74, 6) is -0.177. The molecular formula is C20H25BrO6. The van der Waals surface area contributed by atoms with Gasteiger partial charge in [-0.15, -0.1) is 0 Å². The molecule has 0 unspecified atom stereocenters. The minimum absolute atomic E-state index is 0.148. The minimum atomic E-state index is -1.31. The Morgan fingerprint density at radius 2 is 2.04 bits per heavy atom. The van der Waals surface area contributed by atoms with Gasteiger partial charge in [0.05, 0.1) is 10.9 Å².